The van der Waals surface area contributed by atoms with E-state index in [1.54, 1.807) is 0 Å². The third kappa shape index (κ3) is 2.95. The van der Waals surface area contributed by atoms with E-state index >= 15 is 0 Å². The predicted octanol–water partition coefficient (Wildman–Crippen LogP) is 6.78. The standard InChI is InChI=1S/C29H25N3/c30-18-27-25-16-20-8-2-3-10-23(20)29(25)26(17-28(27)32-14-6-1-7-15-32)24-11-5-4-9-22(24)21-12-13-31-19-21/h2-5,8-13,17,19,31H,1,6-7,14-16H2. The minimum Gasteiger partial charge on any atom is -0.370 e. The first-order chi connectivity index (χ1) is 15.8. The Hall–Kier alpha value is -3.77. The van der Waals surface area contributed by atoms with Gasteiger partial charge in [-0.3, -0.25) is 0 Å². The predicted molar refractivity (Wildman–Crippen MR) is 131 cm³/mol. The van der Waals surface area contributed by atoms with Crippen LogP contribution in [0.5, 0.6) is 0 Å². The fourth-order valence-corrected chi connectivity index (χ4v) is 5.50. The van der Waals surface area contributed by atoms with Crippen LogP contribution in [-0.2, 0) is 6.42 Å². The number of aromatic nitrogens is 1. The van der Waals surface area contributed by atoms with Gasteiger partial charge in [0.2, 0.25) is 0 Å². The quantitative estimate of drug-likeness (QED) is 0.353. The molecule has 1 saturated heterocycles. The van der Waals surface area contributed by atoms with Crippen LogP contribution in [0, 0.1) is 11.3 Å². The van der Waals surface area contributed by atoms with E-state index < -0.39 is 0 Å². The maximum absolute atomic E-state index is 10.3. The van der Waals surface area contributed by atoms with E-state index in [2.05, 4.69) is 82.8 Å². The van der Waals surface area contributed by atoms with Gasteiger partial charge in [-0.15, -0.1) is 0 Å². The van der Waals surface area contributed by atoms with Gasteiger partial charge in [0.05, 0.1) is 11.3 Å². The zero-order valence-corrected chi connectivity index (χ0v) is 18.1. The summed E-state index contributed by atoms with van der Waals surface area (Å²) in [6.07, 6.45) is 8.52. The highest BCUT2D eigenvalue weighted by Crippen LogP contribution is 2.49. The van der Waals surface area contributed by atoms with E-state index in [1.807, 2.05) is 6.20 Å². The number of piperidine rings is 1. The number of aromatic amines is 1. The van der Waals surface area contributed by atoms with Crippen LogP contribution in [-0.4, -0.2) is 18.1 Å². The Bertz CT molecular complexity index is 1340. The first-order valence-corrected chi connectivity index (χ1v) is 11.5. The average molecular weight is 416 g/mol. The SMILES string of the molecule is N#Cc1c(N2CCCCC2)cc(-c2ccccc2-c2cc[nH]c2)c2c1Cc1ccccc1-2. The number of nitriles is 1. The molecule has 0 atom stereocenters. The third-order valence-electron chi connectivity index (χ3n) is 7.00. The Morgan fingerprint density at radius 3 is 2.31 bits per heavy atom. The van der Waals surface area contributed by atoms with E-state index in [0.29, 0.717) is 0 Å². The summed E-state index contributed by atoms with van der Waals surface area (Å²) >= 11 is 0. The monoisotopic (exact) mass is 415 g/mol. The summed E-state index contributed by atoms with van der Waals surface area (Å²) in [7, 11) is 0. The maximum Gasteiger partial charge on any atom is 0.102 e. The van der Waals surface area contributed by atoms with Gasteiger partial charge in [0, 0.05) is 31.9 Å². The first-order valence-electron chi connectivity index (χ1n) is 11.5. The van der Waals surface area contributed by atoms with Crippen molar-refractivity contribution in [3.8, 4) is 39.4 Å². The summed E-state index contributed by atoms with van der Waals surface area (Å²) < 4.78 is 0. The van der Waals surface area contributed by atoms with Crippen LogP contribution in [0.4, 0.5) is 5.69 Å². The van der Waals surface area contributed by atoms with Gasteiger partial charge in [-0.2, -0.15) is 5.26 Å². The molecule has 32 heavy (non-hydrogen) atoms. The number of anilines is 1. The zero-order valence-electron chi connectivity index (χ0n) is 18.1. The molecule has 3 heteroatoms. The second-order valence-corrected chi connectivity index (χ2v) is 8.81. The van der Waals surface area contributed by atoms with Gasteiger partial charge in [0.25, 0.3) is 0 Å². The second-order valence-electron chi connectivity index (χ2n) is 8.81. The highest BCUT2D eigenvalue weighted by molar-refractivity contribution is 5.98. The van der Waals surface area contributed by atoms with Gasteiger partial charge >= 0.3 is 0 Å². The minimum atomic E-state index is 0.829. The molecule has 4 aromatic rings. The van der Waals surface area contributed by atoms with Crippen LogP contribution in [0.1, 0.15) is 36.0 Å². The fraction of sp³-hybridized carbons (Fsp3) is 0.207. The Labute approximate surface area is 189 Å². The van der Waals surface area contributed by atoms with E-state index in [-0.39, 0.29) is 0 Å². The summed E-state index contributed by atoms with van der Waals surface area (Å²) in [6, 6.07) is 24.3. The molecule has 6 rings (SSSR count). The van der Waals surface area contributed by atoms with Crippen LogP contribution < -0.4 is 4.90 Å². The molecular formula is C29H25N3. The summed E-state index contributed by atoms with van der Waals surface area (Å²) in [6.45, 7) is 2.05. The molecule has 3 nitrogen and oxygen atoms in total. The highest BCUT2D eigenvalue weighted by Gasteiger charge is 2.29. The van der Waals surface area contributed by atoms with Gasteiger partial charge < -0.3 is 9.88 Å². The number of benzene rings is 3. The van der Waals surface area contributed by atoms with Crippen LogP contribution in [0.2, 0.25) is 0 Å². The molecule has 2 heterocycles. The zero-order chi connectivity index (χ0) is 21.5. The van der Waals surface area contributed by atoms with Gasteiger partial charge in [-0.25, -0.2) is 0 Å². The fourth-order valence-electron chi connectivity index (χ4n) is 5.50. The highest BCUT2D eigenvalue weighted by atomic mass is 15.1. The number of rotatable bonds is 3. The smallest absolute Gasteiger partial charge is 0.102 e. The molecule has 2 aliphatic rings. The molecule has 0 spiro atoms. The minimum absolute atomic E-state index is 0.829. The summed E-state index contributed by atoms with van der Waals surface area (Å²) in [4.78, 5) is 5.64. The topological polar surface area (TPSA) is 42.8 Å². The van der Waals surface area contributed by atoms with Crippen molar-refractivity contribution in [1.29, 1.82) is 5.26 Å². The second kappa shape index (κ2) is 7.73. The normalized spacial score (nSPS) is 14.7. The molecule has 1 fully saturated rings. The lowest BCUT2D eigenvalue weighted by Gasteiger charge is -2.31. The molecule has 3 aromatic carbocycles. The van der Waals surface area contributed by atoms with Crippen molar-refractivity contribution >= 4 is 5.69 Å². The molecule has 1 aromatic heterocycles. The lowest BCUT2D eigenvalue weighted by atomic mass is 9.87. The van der Waals surface area contributed by atoms with Crippen molar-refractivity contribution in [3.63, 3.8) is 0 Å². The number of hydrogen-bond donors (Lipinski definition) is 1. The number of nitrogens with one attached hydrogen (secondary N) is 1. The van der Waals surface area contributed by atoms with E-state index in [0.717, 1.165) is 30.8 Å². The number of H-pyrrole nitrogens is 1. The average Bonchev–Trinajstić information content (AvgIpc) is 3.52. The number of fused-ring (bicyclic) bond motifs is 3. The summed E-state index contributed by atoms with van der Waals surface area (Å²) in [5.74, 6) is 0. The lowest BCUT2D eigenvalue weighted by molar-refractivity contribution is 0.577. The lowest BCUT2D eigenvalue weighted by Crippen LogP contribution is -2.30. The largest absolute Gasteiger partial charge is 0.370 e. The molecule has 0 saturated carbocycles. The Balaban J connectivity index is 1.66. The van der Waals surface area contributed by atoms with Crippen molar-refractivity contribution in [3.05, 3.63) is 89.7 Å². The summed E-state index contributed by atoms with van der Waals surface area (Å²) in [5.41, 5.74) is 11.8. The molecule has 1 aliphatic carbocycles. The van der Waals surface area contributed by atoms with Crippen molar-refractivity contribution < 1.29 is 0 Å². The Morgan fingerprint density at radius 1 is 0.812 bits per heavy atom. The van der Waals surface area contributed by atoms with Crippen LogP contribution in [0.25, 0.3) is 33.4 Å². The molecule has 156 valence electrons. The third-order valence-corrected chi connectivity index (χ3v) is 7.00. The van der Waals surface area contributed by atoms with E-state index in [4.69, 9.17) is 0 Å². The molecule has 1 N–H and O–H groups in total. The van der Waals surface area contributed by atoms with Crippen LogP contribution >= 0.6 is 0 Å². The molecule has 0 bridgehead atoms. The number of hydrogen-bond acceptors (Lipinski definition) is 2. The van der Waals surface area contributed by atoms with E-state index in [9.17, 15) is 5.26 Å². The Kier molecular flexibility index (Phi) is 4.58. The molecule has 0 radical (unpaired) electrons. The van der Waals surface area contributed by atoms with Crippen molar-refractivity contribution in [2.75, 3.05) is 18.0 Å². The van der Waals surface area contributed by atoms with E-state index in [1.165, 1.54) is 63.8 Å². The first kappa shape index (κ1) is 19.0. The van der Waals surface area contributed by atoms with Crippen molar-refractivity contribution in [1.82, 2.24) is 4.98 Å². The van der Waals surface area contributed by atoms with Gasteiger partial charge in [0.1, 0.15) is 6.07 Å². The van der Waals surface area contributed by atoms with Gasteiger partial charge in [-0.05, 0) is 75.9 Å². The summed E-state index contributed by atoms with van der Waals surface area (Å²) in [5, 5.41) is 10.3. The molecular weight excluding hydrogens is 390 g/mol. The van der Waals surface area contributed by atoms with Gasteiger partial charge in [0.15, 0.2) is 0 Å². The van der Waals surface area contributed by atoms with Crippen molar-refractivity contribution in [2.45, 2.75) is 25.7 Å². The number of nitrogens with zero attached hydrogens (tertiary/aromatic N) is 2. The molecule has 0 unspecified atom stereocenters. The van der Waals surface area contributed by atoms with Crippen LogP contribution in [0.15, 0.2) is 73.1 Å². The molecule has 0 amide bonds. The Morgan fingerprint density at radius 2 is 1.56 bits per heavy atom. The molecule has 1 aliphatic heterocycles. The maximum atomic E-state index is 10.3. The van der Waals surface area contributed by atoms with Crippen LogP contribution in [0.3, 0.4) is 0 Å². The van der Waals surface area contributed by atoms with Crippen molar-refractivity contribution in [2.24, 2.45) is 0 Å². The van der Waals surface area contributed by atoms with Gasteiger partial charge in [-0.1, -0.05) is 48.5 Å².